The van der Waals surface area contributed by atoms with Crippen molar-refractivity contribution >= 4 is 23.4 Å². The number of benzene rings is 1. The van der Waals surface area contributed by atoms with Crippen molar-refractivity contribution in [1.82, 2.24) is 4.90 Å². The summed E-state index contributed by atoms with van der Waals surface area (Å²) in [6.45, 7) is 0. The van der Waals surface area contributed by atoms with Gasteiger partial charge in [0.1, 0.15) is 0 Å². The number of rotatable bonds is 2. The number of nitrogens with zero attached hydrogens (tertiary/aromatic N) is 2. The molecule has 1 aliphatic rings. The first kappa shape index (κ1) is 13.7. The number of imide groups is 1. The van der Waals surface area contributed by atoms with Crippen LogP contribution in [-0.4, -0.2) is 40.9 Å². The van der Waals surface area contributed by atoms with Crippen molar-refractivity contribution in [2.75, 3.05) is 12.4 Å². The van der Waals surface area contributed by atoms with Gasteiger partial charge >= 0.3 is 0 Å². The highest BCUT2D eigenvalue weighted by Crippen LogP contribution is 2.21. The van der Waals surface area contributed by atoms with Gasteiger partial charge in [-0.05, 0) is 24.3 Å². The Kier molecular flexibility index (Phi) is 3.50. The van der Waals surface area contributed by atoms with Crippen LogP contribution in [0, 0.1) is 17.2 Å². The van der Waals surface area contributed by atoms with Gasteiger partial charge in [0.15, 0.2) is 12.0 Å². The summed E-state index contributed by atoms with van der Waals surface area (Å²) in [7, 11) is 1.21. The molecule has 1 saturated heterocycles. The number of nitriles is 1. The van der Waals surface area contributed by atoms with Crippen LogP contribution in [0.15, 0.2) is 24.3 Å². The van der Waals surface area contributed by atoms with Crippen LogP contribution >= 0.6 is 0 Å². The van der Waals surface area contributed by atoms with Crippen LogP contribution in [0.2, 0.25) is 0 Å². The molecule has 0 radical (unpaired) electrons. The molecule has 102 valence electrons. The van der Waals surface area contributed by atoms with E-state index in [-0.39, 0.29) is 0 Å². The molecule has 2 unspecified atom stereocenters. The maximum atomic E-state index is 11.9. The van der Waals surface area contributed by atoms with Gasteiger partial charge in [-0.15, -0.1) is 0 Å². The van der Waals surface area contributed by atoms with E-state index < -0.39 is 29.7 Å². The fourth-order valence-corrected chi connectivity index (χ4v) is 1.90. The number of anilines is 1. The monoisotopic (exact) mass is 273 g/mol. The molecule has 2 N–H and O–H groups in total. The zero-order valence-corrected chi connectivity index (χ0v) is 10.5. The Balaban J connectivity index is 2.14. The van der Waals surface area contributed by atoms with E-state index in [1.807, 2.05) is 6.07 Å². The van der Waals surface area contributed by atoms with Crippen molar-refractivity contribution in [3.63, 3.8) is 0 Å². The average molecular weight is 273 g/mol. The fourth-order valence-electron chi connectivity index (χ4n) is 1.90. The molecule has 0 spiro atoms. The minimum Gasteiger partial charge on any atom is -0.382 e. The van der Waals surface area contributed by atoms with Gasteiger partial charge in [0.2, 0.25) is 11.8 Å². The van der Waals surface area contributed by atoms with Crippen LogP contribution in [-0.2, 0) is 14.4 Å². The Bertz CT molecular complexity index is 617. The molecule has 0 bridgehead atoms. The van der Waals surface area contributed by atoms with E-state index in [1.165, 1.54) is 31.3 Å². The first-order valence-electron chi connectivity index (χ1n) is 5.76. The second-order valence-corrected chi connectivity index (χ2v) is 4.34. The normalized spacial score (nSPS) is 21.8. The Labute approximate surface area is 114 Å². The highest BCUT2D eigenvalue weighted by molar-refractivity contribution is 6.18. The highest BCUT2D eigenvalue weighted by Gasteiger charge is 2.49. The molecule has 0 aromatic heterocycles. The largest absolute Gasteiger partial charge is 0.382 e. The van der Waals surface area contributed by atoms with Gasteiger partial charge in [-0.25, -0.2) is 0 Å². The smallest absolute Gasteiger partial charge is 0.259 e. The molecule has 1 heterocycles. The Morgan fingerprint density at radius 2 is 1.90 bits per heavy atom. The number of hydrogen-bond donors (Lipinski definition) is 2. The Morgan fingerprint density at radius 1 is 1.30 bits per heavy atom. The number of aliphatic hydroxyl groups excluding tert-OH is 1. The number of likely N-dealkylation sites (N-methyl/N-ethyl adjacent to an activating group) is 1. The number of aliphatic hydroxyl groups is 1. The summed E-state index contributed by atoms with van der Waals surface area (Å²) < 4.78 is 0. The average Bonchev–Trinajstić information content (AvgIpc) is 2.64. The summed E-state index contributed by atoms with van der Waals surface area (Å²) in [5.74, 6) is -3.74. The van der Waals surface area contributed by atoms with Gasteiger partial charge in [-0.3, -0.25) is 19.3 Å². The van der Waals surface area contributed by atoms with Crippen molar-refractivity contribution in [1.29, 1.82) is 5.26 Å². The van der Waals surface area contributed by atoms with Gasteiger partial charge in [0.25, 0.3) is 5.91 Å². The molecule has 0 aliphatic carbocycles. The lowest BCUT2D eigenvalue weighted by atomic mass is 10.0. The van der Waals surface area contributed by atoms with Gasteiger partial charge < -0.3 is 10.4 Å². The molecule has 1 aromatic carbocycles. The third kappa shape index (κ3) is 2.24. The quantitative estimate of drug-likeness (QED) is 0.556. The second kappa shape index (κ2) is 5.11. The topological polar surface area (TPSA) is 110 Å². The zero-order chi connectivity index (χ0) is 14.9. The van der Waals surface area contributed by atoms with E-state index in [0.717, 1.165) is 4.90 Å². The minimum absolute atomic E-state index is 0.371. The predicted octanol–water partition coefficient (Wildman–Crippen LogP) is -0.528. The number of carbonyl (C=O) groups is 3. The number of likely N-dealkylation sites (tertiary alicyclic amines) is 1. The summed E-state index contributed by atoms with van der Waals surface area (Å²) in [6.07, 6.45) is -1.66. The SMILES string of the molecule is CN1C(=O)C(O)C(C(=O)Nc2ccc(C#N)cc2)C1=O. The molecule has 2 rings (SSSR count). The lowest BCUT2D eigenvalue weighted by molar-refractivity contribution is -0.139. The Morgan fingerprint density at radius 3 is 2.35 bits per heavy atom. The zero-order valence-electron chi connectivity index (χ0n) is 10.5. The Hall–Kier alpha value is -2.72. The van der Waals surface area contributed by atoms with Gasteiger partial charge in [-0.2, -0.15) is 5.26 Å². The van der Waals surface area contributed by atoms with Crippen LogP contribution in [0.25, 0.3) is 0 Å². The third-order valence-corrected chi connectivity index (χ3v) is 3.06. The van der Waals surface area contributed by atoms with Gasteiger partial charge in [-0.1, -0.05) is 0 Å². The first-order chi connectivity index (χ1) is 9.45. The van der Waals surface area contributed by atoms with Crippen LogP contribution in [0.3, 0.4) is 0 Å². The molecule has 1 aromatic rings. The molecular weight excluding hydrogens is 262 g/mol. The number of carbonyl (C=O) groups excluding carboxylic acids is 3. The summed E-state index contributed by atoms with van der Waals surface area (Å²) in [6, 6.07) is 7.92. The van der Waals surface area contributed by atoms with Gasteiger partial charge in [0.05, 0.1) is 11.6 Å². The van der Waals surface area contributed by atoms with Crippen LogP contribution < -0.4 is 5.32 Å². The molecule has 1 fully saturated rings. The number of amides is 3. The van der Waals surface area contributed by atoms with E-state index in [9.17, 15) is 19.5 Å². The molecule has 3 amide bonds. The van der Waals surface area contributed by atoms with Gasteiger partial charge in [0, 0.05) is 12.7 Å². The molecule has 0 saturated carbocycles. The lowest BCUT2D eigenvalue weighted by Crippen LogP contribution is -2.35. The third-order valence-electron chi connectivity index (χ3n) is 3.06. The van der Waals surface area contributed by atoms with E-state index in [2.05, 4.69) is 5.32 Å². The van der Waals surface area contributed by atoms with Crippen molar-refractivity contribution in [3.05, 3.63) is 29.8 Å². The highest BCUT2D eigenvalue weighted by atomic mass is 16.3. The van der Waals surface area contributed by atoms with E-state index in [4.69, 9.17) is 5.26 Å². The molecule has 20 heavy (non-hydrogen) atoms. The van der Waals surface area contributed by atoms with E-state index >= 15 is 0 Å². The molecule has 2 atom stereocenters. The molecule has 7 heteroatoms. The summed E-state index contributed by atoms with van der Waals surface area (Å²) >= 11 is 0. The number of nitrogens with one attached hydrogen (secondary N) is 1. The molecule has 7 nitrogen and oxygen atoms in total. The summed E-state index contributed by atoms with van der Waals surface area (Å²) in [4.78, 5) is 35.8. The molecule has 1 aliphatic heterocycles. The number of hydrogen-bond acceptors (Lipinski definition) is 5. The standard InChI is InChI=1S/C13H11N3O4/c1-16-12(19)9(10(17)13(16)20)11(18)15-8-4-2-7(6-14)3-5-8/h2-5,9-10,17H,1H3,(H,15,18). The molecular formula is C13H11N3O4. The maximum absolute atomic E-state index is 11.9. The first-order valence-corrected chi connectivity index (χ1v) is 5.76. The lowest BCUT2D eigenvalue weighted by Gasteiger charge is -2.11. The van der Waals surface area contributed by atoms with E-state index in [1.54, 1.807) is 0 Å². The van der Waals surface area contributed by atoms with Crippen molar-refractivity contribution < 1.29 is 19.5 Å². The summed E-state index contributed by atoms with van der Waals surface area (Å²) in [5, 5.41) is 20.7. The fraction of sp³-hybridized carbons (Fsp3) is 0.231. The van der Waals surface area contributed by atoms with E-state index in [0.29, 0.717) is 11.3 Å². The minimum atomic E-state index is -1.66. The van der Waals surface area contributed by atoms with Crippen LogP contribution in [0.4, 0.5) is 5.69 Å². The predicted molar refractivity (Wildman–Crippen MR) is 67.1 cm³/mol. The van der Waals surface area contributed by atoms with Crippen molar-refractivity contribution in [2.45, 2.75) is 6.10 Å². The van der Waals surface area contributed by atoms with Crippen LogP contribution in [0.5, 0.6) is 0 Å². The van der Waals surface area contributed by atoms with Crippen molar-refractivity contribution in [3.8, 4) is 6.07 Å². The maximum Gasteiger partial charge on any atom is 0.259 e. The van der Waals surface area contributed by atoms with Crippen molar-refractivity contribution in [2.24, 2.45) is 5.92 Å². The second-order valence-electron chi connectivity index (χ2n) is 4.34. The van der Waals surface area contributed by atoms with Crippen LogP contribution in [0.1, 0.15) is 5.56 Å². The summed E-state index contributed by atoms with van der Waals surface area (Å²) in [5.41, 5.74) is 0.797.